The van der Waals surface area contributed by atoms with Gasteiger partial charge in [0.1, 0.15) is 5.75 Å². The highest BCUT2D eigenvalue weighted by Gasteiger charge is 2.33. The number of aromatic hydroxyl groups is 1. The Bertz CT molecular complexity index is 586. The predicted molar refractivity (Wildman–Crippen MR) is 80.8 cm³/mol. The van der Waals surface area contributed by atoms with Crippen molar-refractivity contribution < 1.29 is 19.4 Å². The number of rotatable bonds is 2. The van der Waals surface area contributed by atoms with Crippen LogP contribution in [0.4, 0.5) is 0 Å². The summed E-state index contributed by atoms with van der Waals surface area (Å²) < 4.78 is 4.66. The quantitative estimate of drug-likeness (QED) is 0.852. The molecule has 2 unspecified atom stereocenters. The number of piperidine rings is 1. The molecule has 0 aromatic heterocycles. The first-order valence-corrected chi connectivity index (χ1v) is 7.78. The Labute approximate surface area is 129 Å². The Morgan fingerprint density at radius 1 is 1.14 bits per heavy atom. The van der Waals surface area contributed by atoms with Crippen LogP contribution in [0.25, 0.3) is 0 Å². The van der Waals surface area contributed by atoms with Crippen LogP contribution in [0.1, 0.15) is 46.4 Å². The van der Waals surface area contributed by atoms with Crippen LogP contribution in [0.3, 0.4) is 0 Å². The van der Waals surface area contributed by atoms with Crippen LogP contribution in [0.5, 0.6) is 5.75 Å². The second-order valence-electron chi connectivity index (χ2n) is 6.37. The van der Waals surface area contributed by atoms with Gasteiger partial charge in [-0.2, -0.15) is 0 Å². The Kier molecular flexibility index (Phi) is 4.05. The third-order valence-electron chi connectivity index (χ3n) is 4.72. The van der Waals surface area contributed by atoms with Gasteiger partial charge in [-0.3, -0.25) is 4.79 Å². The van der Waals surface area contributed by atoms with Gasteiger partial charge in [-0.25, -0.2) is 4.79 Å². The number of phenolic OH excluding ortho intramolecular Hbond substituents is 1. The van der Waals surface area contributed by atoms with E-state index in [1.54, 1.807) is 0 Å². The molecule has 1 aromatic carbocycles. The highest BCUT2D eigenvalue weighted by Crippen LogP contribution is 2.35. The number of carbonyl (C=O) groups excluding carboxylic acids is 2. The molecule has 1 amide bonds. The molecule has 1 saturated carbocycles. The van der Waals surface area contributed by atoms with Gasteiger partial charge in [0.2, 0.25) is 0 Å². The summed E-state index contributed by atoms with van der Waals surface area (Å²) in [4.78, 5) is 26.2. The summed E-state index contributed by atoms with van der Waals surface area (Å²) >= 11 is 0. The number of carbonyl (C=O) groups is 2. The van der Waals surface area contributed by atoms with Crippen molar-refractivity contribution in [2.45, 2.75) is 25.7 Å². The van der Waals surface area contributed by atoms with Crippen molar-refractivity contribution in [3.05, 3.63) is 29.3 Å². The molecular weight excluding hydrogens is 282 g/mol. The number of ether oxygens (including phenoxy) is 1. The third-order valence-corrected chi connectivity index (χ3v) is 4.72. The van der Waals surface area contributed by atoms with Crippen molar-refractivity contribution in [3.8, 4) is 5.75 Å². The highest BCUT2D eigenvalue weighted by atomic mass is 16.5. The second-order valence-corrected chi connectivity index (χ2v) is 6.37. The lowest BCUT2D eigenvalue weighted by Crippen LogP contribution is -2.45. The number of esters is 1. The number of amides is 1. The summed E-state index contributed by atoms with van der Waals surface area (Å²) in [6.07, 6.45) is 4.86. The van der Waals surface area contributed by atoms with E-state index in [1.807, 2.05) is 4.90 Å². The first kappa shape index (κ1) is 14.9. The fourth-order valence-electron chi connectivity index (χ4n) is 3.75. The van der Waals surface area contributed by atoms with Crippen LogP contribution in [-0.2, 0) is 4.74 Å². The molecule has 1 aliphatic heterocycles. The van der Waals surface area contributed by atoms with Crippen molar-refractivity contribution in [2.75, 3.05) is 20.2 Å². The van der Waals surface area contributed by atoms with E-state index < -0.39 is 5.97 Å². The molecule has 2 bridgehead atoms. The van der Waals surface area contributed by atoms with E-state index in [1.165, 1.54) is 51.0 Å². The van der Waals surface area contributed by atoms with Crippen LogP contribution in [0.15, 0.2) is 18.2 Å². The summed E-state index contributed by atoms with van der Waals surface area (Å²) in [6, 6.07) is 4.23. The summed E-state index contributed by atoms with van der Waals surface area (Å²) in [6.45, 7) is 1.55. The van der Waals surface area contributed by atoms with Crippen molar-refractivity contribution in [1.29, 1.82) is 0 Å². The third kappa shape index (κ3) is 2.93. The lowest BCUT2D eigenvalue weighted by Gasteiger charge is -2.41. The molecule has 22 heavy (non-hydrogen) atoms. The van der Waals surface area contributed by atoms with E-state index in [9.17, 15) is 14.7 Å². The van der Waals surface area contributed by atoms with E-state index in [4.69, 9.17) is 0 Å². The molecule has 1 saturated heterocycles. The topological polar surface area (TPSA) is 66.8 Å². The minimum Gasteiger partial charge on any atom is -0.508 e. The van der Waals surface area contributed by atoms with Crippen LogP contribution in [-0.4, -0.2) is 42.1 Å². The normalized spacial score (nSPS) is 24.0. The molecule has 118 valence electrons. The standard InChI is InChI=1S/C17H21NO4/c1-22-17(21)14-6-13(7-15(19)8-14)16(20)18-9-11-3-2-4-12(5-11)10-18/h6-8,11-12,19H,2-5,9-10H2,1H3. The van der Waals surface area contributed by atoms with Crippen LogP contribution < -0.4 is 0 Å². The number of hydrogen-bond donors (Lipinski definition) is 1. The second kappa shape index (κ2) is 5.99. The summed E-state index contributed by atoms with van der Waals surface area (Å²) in [5.41, 5.74) is 0.545. The number of likely N-dealkylation sites (tertiary alicyclic amines) is 1. The van der Waals surface area contributed by atoms with Crippen molar-refractivity contribution in [2.24, 2.45) is 11.8 Å². The van der Waals surface area contributed by atoms with Gasteiger partial charge in [0.25, 0.3) is 5.91 Å². The Hall–Kier alpha value is -2.04. The van der Waals surface area contributed by atoms with E-state index in [2.05, 4.69) is 4.74 Å². The van der Waals surface area contributed by atoms with Crippen molar-refractivity contribution in [3.63, 3.8) is 0 Å². The average molecular weight is 303 g/mol. The minimum absolute atomic E-state index is 0.0940. The molecule has 1 heterocycles. The van der Waals surface area contributed by atoms with E-state index in [0.717, 1.165) is 13.1 Å². The molecule has 5 heteroatoms. The maximum Gasteiger partial charge on any atom is 0.338 e. The van der Waals surface area contributed by atoms with Gasteiger partial charge in [0, 0.05) is 18.7 Å². The number of benzene rings is 1. The Morgan fingerprint density at radius 2 is 1.77 bits per heavy atom. The molecule has 0 radical (unpaired) electrons. The highest BCUT2D eigenvalue weighted by molar-refractivity contribution is 5.98. The van der Waals surface area contributed by atoms with E-state index in [0.29, 0.717) is 17.4 Å². The molecule has 1 N–H and O–H groups in total. The summed E-state index contributed by atoms with van der Waals surface area (Å²) in [7, 11) is 1.28. The fourth-order valence-corrected chi connectivity index (χ4v) is 3.75. The SMILES string of the molecule is COC(=O)c1cc(O)cc(C(=O)N2CC3CCCC(C3)C2)c1. The fraction of sp³-hybridized carbons (Fsp3) is 0.529. The Balaban J connectivity index is 1.82. The maximum absolute atomic E-state index is 12.7. The molecule has 2 aliphatic rings. The largest absolute Gasteiger partial charge is 0.508 e. The Morgan fingerprint density at radius 3 is 2.41 bits per heavy atom. The zero-order valence-corrected chi connectivity index (χ0v) is 12.7. The molecule has 2 fully saturated rings. The number of methoxy groups -OCH3 is 1. The van der Waals surface area contributed by atoms with Gasteiger partial charge in [0.05, 0.1) is 12.7 Å². The van der Waals surface area contributed by atoms with Gasteiger partial charge in [-0.05, 0) is 49.3 Å². The molecule has 0 spiro atoms. The van der Waals surface area contributed by atoms with Crippen molar-refractivity contribution in [1.82, 2.24) is 4.90 Å². The molecule has 1 aromatic rings. The smallest absolute Gasteiger partial charge is 0.338 e. The molecule has 1 aliphatic carbocycles. The minimum atomic E-state index is -0.555. The number of hydrogen-bond acceptors (Lipinski definition) is 4. The van der Waals surface area contributed by atoms with Crippen molar-refractivity contribution >= 4 is 11.9 Å². The van der Waals surface area contributed by atoms with Gasteiger partial charge in [0.15, 0.2) is 0 Å². The number of nitrogens with zero attached hydrogens (tertiary/aromatic N) is 1. The lowest BCUT2D eigenvalue weighted by atomic mass is 9.78. The zero-order valence-electron chi connectivity index (χ0n) is 12.7. The monoisotopic (exact) mass is 303 g/mol. The zero-order chi connectivity index (χ0) is 15.7. The van der Waals surface area contributed by atoms with Gasteiger partial charge in [-0.1, -0.05) is 6.42 Å². The summed E-state index contributed by atoms with van der Waals surface area (Å²) in [5.74, 6) is 0.421. The first-order valence-electron chi connectivity index (χ1n) is 7.78. The van der Waals surface area contributed by atoms with Gasteiger partial charge < -0.3 is 14.7 Å². The summed E-state index contributed by atoms with van der Waals surface area (Å²) in [5, 5.41) is 9.77. The maximum atomic E-state index is 12.7. The van der Waals surface area contributed by atoms with E-state index in [-0.39, 0.29) is 17.2 Å². The molecule has 5 nitrogen and oxygen atoms in total. The van der Waals surface area contributed by atoms with Crippen LogP contribution in [0.2, 0.25) is 0 Å². The van der Waals surface area contributed by atoms with Crippen LogP contribution >= 0.6 is 0 Å². The predicted octanol–water partition coefficient (Wildman–Crippen LogP) is 2.44. The van der Waals surface area contributed by atoms with E-state index >= 15 is 0 Å². The number of phenols is 1. The van der Waals surface area contributed by atoms with Crippen LogP contribution in [0, 0.1) is 11.8 Å². The molecular formula is C17H21NO4. The van der Waals surface area contributed by atoms with Gasteiger partial charge >= 0.3 is 5.97 Å². The molecule has 3 rings (SSSR count). The van der Waals surface area contributed by atoms with Gasteiger partial charge in [-0.15, -0.1) is 0 Å². The average Bonchev–Trinajstić information content (AvgIpc) is 2.52. The first-order chi connectivity index (χ1) is 10.6. The lowest BCUT2D eigenvalue weighted by molar-refractivity contribution is 0.0504. The number of fused-ring (bicyclic) bond motifs is 2. The molecule has 2 atom stereocenters.